The third-order valence-corrected chi connectivity index (χ3v) is 5.02. The van der Waals surface area contributed by atoms with E-state index in [9.17, 15) is 9.59 Å². The number of nitrogens with one attached hydrogen (secondary N) is 1. The summed E-state index contributed by atoms with van der Waals surface area (Å²) in [5.41, 5.74) is 3.09. The summed E-state index contributed by atoms with van der Waals surface area (Å²) in [6.45, 7) is 6.66. The summed E-state index contributed by atoms with van der Waals surface area (Å²) in [5.74, 6) is -0.245. The Morgan fingerprint density at radius 2 is 2.17 bits per heavy atom. The fourth-order valence-corrected chi connectivity index (χ4v) is 3.34. The molecule has 0 radical (unpaired) electrons. The van der Waals surface area contributed by atoms with Gasteiger partial charge < -0.3 is 5.32 Å². The largest absolute Gasteiger partial charge is 0.336 e. The van der Waals surface area contributed by atoms with Gasteiger partial charge in [0.05, 0.1) is 10.9 Å². The number of nitrogens with zero attached hydrogens (tertiary/aromatic N) is 5. The fourth-order valence-electron chi connectivity index (χ4n) is 2.48. The second kappa shape index (κ2) is 6.60. The van der Waals surface area contributed by atoms with E-state index in [0.29, 0.717) is 18.2 Å². The van der Waals surface area contributed by atoms with Crippen molar-refractivity contribution in [1.29, 1.82) is 0 Å². The Morgan fingerprint density at radius 1 is 1.38 bits per heavy atom. The first-order chi connectivity index (χ1) is 11.5. The van der Waals surface area contributed by atoms with Gasteiger partial charge in [0.2, 0.25) is 11.1 Å². The molecule has 0 bridgehead atoms. The van der Waals surface area contributed by atoms with Crippen molar-refractivity contribution in [1.82, 2.24) is 30.4 Å². The Hall–Kier alpha value is -2.42. The van der Waals surface area contributed by atoms with Crippen LogP contribution in [0.3, 0.4) is 0 Å². The number of aromatic nitrogens is 4. The van der Waals surface area contributed by atoms with E-state index in [4.69, 9.17) is 0 Å². The lowest BCUT2D eigenvalue weighted by molar-refractivity contribution is -0.126. The van der Waals surface area contributed by atoms with Crippen molar-refractivity contribution in [3.63, 3.8) is 0 Å². The lowest BCUT2D eigenvalue weighted by Crippen LogP contribution is -2.39. The van der Waals surface area contributed by atoms with Crippen LogP contribution in [0.25, 0.3) is 5.69 Å². The molecule has 0 spiro atoms. The summed E-state index contributed by atoms with van der Waals surface area (Å²) < 4.78 is 1.63. The number of carbonyl (C=O) groups excluding carboxylic acids is 2. The number of rotatable bonds is 4. The van der Waals surface area contributed by atoms with Gasteiger partial charge in [-0.25, -0.2) is 4.79 Å². The number of benzene rings is 1. The van der Waals surface area contributed by atoms with E-state index in [1.807, 2.05) is 32.0 Å². The summed E-state index contributed by atoms with van der Waals surface area (Å²) in [4.78, 5) is 25.3. The van der Waals surface area contributed by atoms with E-state index < -0.39 is 5.25 Å². The highest BCUT2D eigenvalue weighted by Gasteiger charge is 2.31. The highest BCUT2D eigenvalue weighted by Crippen LogP contribution is 2.26. The van der Waals surface area contributed by atoms with Gasteiger partial charge in [-0.2, -0.15) is 4.68 Å². The van der Waals surface area contributed by atoms with E-state index in [1.165, 1.54) is 16.7 Å². The molecule has 1 aromatic heterocycles. The predicted molar refractivity (Wildman–Crippen MR) is 89.1 cm³/mol. The monoisotopic (exact) mass is 346 g/mol. The second-order valence-electron chi connectivity index (χ2n) is 5.57. The number of hydrogen-bond donors (Lipinski definition) is 1. The number of imide groups is 1. The van der Waals surface area contributed by atoms with Crippen molar-refractivity contribution in [3.8, 4) is 5.69 Å². The van der Waals surface area contributed by atoms with Crippen molar-refractivity contribution in [2.75, 3.05) is 13.1 Å². The van der Waals surface area contributed by atoms with Crippen LogP contribution < -0.4 is 5.32 Å². The second-order valence-corrected chi connectivity index (χ2v) is 6.88. The maximum absolute atomic E-state index is 12.4. The predicted octanol–water partition coefficient (Wildman–Crippen LogP) is 1.31. The molecular weight excluding hydrogens is 328 g/mol. The molecule has 24 heavy (non-hydrogen) atoms. The minimum atomic E-state index is -0.469. The van der Waals surface area contributed by atoms with Crippen molar-refractivity contribution in [2.45, 2.75) is 31.2 Å². The average molecular weight is 346 g/mol. The minimum Gasteiger partial charge on any atom is -0.336 e. The molecule has 126 valence electrons. The summed E-state index contributed by atoms with van der Waals surface area (Å²) >= 11 is 1.24. The highest BCUT2D eigenvalue weighted by atomic mass is 32.2. The molecule has 1 unspecified atom stereocenters. The molecule has 2 heterocycles. The van der Waals surface area contributed by atoms with Gasteiger partial charge in [0.1, 0.15) is 0 Å². The van der Waals surface area contributed by atoms with E-state index >= 15 is 0 Å². The number of aryl methyl sites for hydroxylation is 1. The maximum atomic E-state index is 12.4. The highest BCUT2D eigenvalue weighted by molar-refractivity contribution is 8.00. The van der Waals surface area contributed by atoms with Gasteiger partial charge in [0.25, 0.3) is 0 Å². The number of amides is 3. The van der Waals surface area contributed by atoms with Crippen molar-refractivity contribution >= 4 is 23.7 Å². The average Bonchev–Trinajstić information content (AvgIpc) is 3.18. The molecule has 1 fully saturated rings. The Labute approximate surface area is 143 Å². The van der Waals surface area contributed by atoms with Crippen LogP contribution in [0.1, 0.15) is 18.1 Å². The van der Waals surface area contributed by atoms with Crippen LogP contribution in [-0.4, -0.2) is 55.4 Å². The normalized spacial score (nSPS) is 15.5. The number of carbonyl (C=O) groups is 2. The van der Waals surface area contributed by atoms with Crippen LogP contribution in [0.15, 0.2) is 23.4 Å². The molecular formula is C15H18N6O2S. The van der Waals surface area contributed by atoms with Gasteiger partial charge in [-0.05, 0) is 48.4 Å². The molecule has 2 aromatic rings. The van der Waals surface area contributed by atoms with Gasteiger partial charge in [-0.15, -0.1) is 5.10 Å². The number of hydrogen-bond acceptors (Lipinski definition) is 6. The zero-order valence-corrected chi connectivity index (χ0v) is 14.5. The molecule has 1 aliphatic rings. The molecule has 3 rings (SSSR count). The molecule has 1 atom stereocenters. The smallest absolute Gasteiger partial charge is 0.324 e. The number of tetrazole rings is 1. The van der Waals surface area contributed by atoms with Crippen molar-refractivity contribution in [2.24, 2.45) is 0 Å². The van der Waals surface area contributed by atoms with E-state index in [-0.39, 0.29) is 11.9 Å². The Morgan fingerprint density at radius 3 is 2.88 bits per heavy atom. The van der Waals surface area contributed by atoms with Crippen molar-refractivity contribution < 1.29 is 9.59 Å². The first-order valence-corrected chi connectivity index (χ1v) is 8.48. The molecule has 9 heteroatoms. The van der Waals surface area contributed by atoms with Crippen LogP contribution in [0.5, 0.6) is 0 Å². The zero-order chi connectivity index (χ0) is 17.3. The summed E-state index contributed by atoms with van der Waals surface area (Å²) in [7, 11) is 0. The Balaban J connectivity index is 1.82. The van der Waals surface area contributed by atoms with Crippen molar-refractivity contribution in [3.05, 3.63) is 29.3 Å². The Bertz CT molecular complexity index is 790. The number of thioether (sulfide) groups is 1. The molecule has 0 aliphatic carbocycles. The van der Waals surface area contributed by atoms with E-state index in [2.05, 4.69) is 20.8 Å². The van der Waals surface area contributed by atoms with Crippen LogP contribution in [-0.2, 0) is 4.79 Å². The molecule has 8 nitrogen and oxygen atoms in total. The summed E-state index contributed by atoms with van der Waals surface area (Å²) in [6, 6.07) is 5.55. The lowest BCUT2D eigenvalue weighted by atomic mass is 10.1. The molecule has 1 saturated heterocycles. The van der Waals surface area contributed by atoms with Gasteiger partial charge in [0.15, 0.2) is 0 Å². The quantitative estimate of drug-likeness (QED) is 0.839. The molecule has 3 amide bonds. The Kier molecular flexibility index (Phi) is 4.52. The third kappa shape index (κ3) is 2.99. The number of urea groups is 1. The van der Waals surface area contributed by atoms with E-state index in [0.717, 1.165) is 16.8 Å². The summed E-state index contributed by atoms with van der Waals surface area (Å²) in [5, 5.41) is 14.5. The summed E-state index contributed by atoms with van der Waals surface area (Å²) in [6.07, 6.45) is 0. The molecule has 1 N–H and O–H groups in total. The molecule has 0 saturated carbocycles. The molecule has 1 aromatic carbocycles. The third-order valence-electron chi connectivity index (χ3n) is 4.00. The zero-order valence-electron chi connectivity index (χ0n) is 13.7. The minimum absolute atomic E-state index is 0.245. The fraction of sp³-hybridized carbons (Fsp3) is 0.400. The van der Waals surface area contributed by atoms with Gasteiger partial charge in [-0.1, -0.05) is 23.9 Å². The van der Waals surface area contributed by atoms with Crippen LogP contribution in [0, 0.1) is 13.8 Å². The van der Waals surface area contributed by atoms with Crippen LogP contribution >= 0.6 is 11.8 Å². The molecule has 1 aliphatic heterocycles. The first-order valence-electron chi connectivity index (χ1n) is 7.60. The van der Waals surface area contributed by atoms with Gasteiger partial charge in [-0.3, -0.25) is 9.69 Å². The standard InChI is InChI=1S/C15H18N6O2S/c1-9-5-4-6-12(10(9)2)21-15(17-18-19-21)24-11(3)13(22)20-8-7-16-14(20)23/h4-6,11H,7-8H2,1-3H3,(H,16,23). The lowest BCUT2D eigenvalue weighted by Gasteiger charge is -2.17. The van der Waals surface area contributed by atoms with Crippen LogP contribution in [0.2, 0.25) is 0 Å². The van der Waals surface area contributed by atoms with E-state index in [1.54, 1.807) is 11.6 Å². The SMILES string of the molecule is Cc1cccc(-n2nnnc2SC(C)C(=O)N2CCNC2=O)c1C. The topological polar surface area (TPSA) is 93.0 Å². The van der Waals surface area contributed by atoms with Gasteiger partial charge >= 0.3 is 6.03 Å². The van der Waals surface area contributed by atoms with Crippen LogP contribution in [0.4, 0.5) is 4.79 Å². The van der Waals surface area contributed by atoms with Gasteiger partial charge in [0, 0.05) is 13.1 Å². The first kappa shape index (κ1) is 16.4. The maximum Gasteiger partial charge on any atom is 0.324 e.